The molecule has 0 radical (unpaired) electrons. The highest BCUT2D eigenvalue weighted by molar-refractivity contribution is 7.52. The molecule has 17 heavy (non-hydrogen) atoms. The van der Waals surface area contributed by atoms with E-state index in [2.05, 4.69) is 4.52 Å². The van der Waals surface area contributed by atoms with Gasteiger partial charge in [0.2, 0.25) is 0 Å². The minimum Gasteiger partial charge on any atom is -0.312 e. The number of rotatable bonds is 7. The topological polar surface area (TPSA) is 52.6 Å². The molecule has 0 aliphatic rings. The molecule has 1 unspecified atom stereocenters. The van der Waals surface area contributed by atoms with Crippen LogP contribution in [0.4, 0.5) is 0 Å². The van der Waals surface area contributed by atoms with E-state index in [1.807, 2.05) is 33.8 Å². The molecular formula is C12H23O4P. The third-order valence-electron chi connectivity index (χ3n) is 2.54. The summed E-state index contributed by atoms with van der Waals surface area (Å²) in [7, 11) is -1.77. The molecule has 0 rings (SSSR count). The molecule has 0 aromatic carbocycles. The van der Waals surface area contributed by atoms with Crippen molar-refractivity contribution in [1.82, 2.24) is 0 Å². The zero-order valence-corrected chi connectivity index (χ0v) is 12.5. The summed E-state index contributed by atoms with van der Waals surface area (Å²) in [4.78, 5) is 11.9. The molecule has 0 amide bonds. The summed E-state index contributed by atoms with van der Waals surface area (Å²) in [6, 6.07) is 0. The minimum absolute atomic E-state index is 0.0749. The zero-order valence-electron chi connectivity index (χ0n) is 11.6. The van der Waals surface area contributed by atoms with Gasteiger partial charge in [0.1, 0.15) is 6.61 Å². The first kappa shape index (κ1) is 16.6. The molecule has 0 aliphatic heterocycles. The minimum atomic E-state index is -3.07. The fraction of sp³-hybridized carbons (Fsp3) is 0.750. The first-order valence-electron chi connectivity index (χ1n) is 5.55. The predicted octanol–water partition coefficient (Wildman–Crippen LogP) is 3.42. The summed E-state index contributed by atoms with van der Waals surface area (Å²) in [6.45, 7) is 8.86. The predicted molar refractivity (Wildman–Crippen MR) is 69.3 cm³/mol. The highest BCUT2D eigenvalue weighted by Gasteiger charge is 2.28. The molecule has 4 nitrogen and oxygen atoms in total. The fourth-order valence-electron chi connectivity index (χ4n) is 0.997. The standard InChI is InChI=1S/C12H23O4P/c1-10(2)7-8-12(3,4)11(13)9-16-17(6,14)15-5/h7H,8-9H2,1-6H3. The summed E-state index contributed by atoms with van der Waals surface area (Å²) >= 11 is 0. The Hall–Kier alpha value is -0.440. The van der Waals surface area contributed by atoms with Crippen LogP contribution in [0.25, 0.3) is 0 Å². The second kappa shape index (κ2) is 6.48. The molecule has 0 aromatic rings. The first-order valence-corrected chi connectivity index (χ1v) is 7.54. The van der Waals surface area contributed by atoms with Crippen LogP contribution in [0.1, 0.15) is 34.1 Å². The number of allylic oxidation sites excluding steroid dienone is 2. The SMILES string of the molecule is COP(C)(=O)OCC(=O)C(C)(C)CC=C(C)C. The molecule has 0 saturated carbocycles. The molecule has 0 heterocycles. The Morgan fingerprint density at radius 3 is 2.29 bits per heavy atom. The maximum absolute atomic E-state index is 11.9. The lowest BCUT2D eigenvalue weighted by Crippen LogP contribution is -2.27. The summed E-state index contributed by atoms with van der Waals surface area (Å²) in [5.74, 6) is -0.0749. The van der Waals surface area contributed by atoms with Crippen LogP contribution >= 0.6 is 7.60 Å². The molecular weight excluding hydrogens is 239 g/mol. The van der Waals surface area contributed by atoms with Gasteiger partial charge in [0.25, 0.3) is 0 Å². The van der Waals surface area contributed by atoms with Crippen molar-refractivity contribution < 1.29 is 18.4 Å². The Kier molecular flexibility index (Phi) is 6.31. The van der Waals surface area contributed by atoms with Gasteiger partial charge in [0, 0.05) is 19.2 Å². The Morgan fingerprint density at radius 2 is 1.88 bits per heavy atom. The quantitative estimate of drug-likeness (QED) is 0.521. The largest absolute Gasteiger partial charge is 0.327 e. The van der Waals surface area contributed by atoms with Crippen LogP contribution in [0, 0.1) is 5.41 Å². The molecule has 0 fully saturated rings. The van der Waals surface area contributed by atoms with Gasteiger partial charge in [0.05, 0.1) is 0 Å². The van der Waals surface area contributed by atoms with Crippen molar-refractivity contribution in [2.75, 3.05) is 20.4 Å². The second-order valence-electron chi connectivity index (χ2n) is 5.02. The lowest BCUT2D eigenvalue weighted by Gasteiger charge is -2.22. The number of carbonyl (C=O) groups excluding carboxylic acids is 1. The van der Waals surface area contributed by atoms with Gasteiger partial charge in [-0.3, -0.25) is 9.36 Å². The monoisotopic (exact) mass is 262 g/mol. The van der Waals surface area contributed by atoms with Crippen molar-refractivity contribution in [3.05, 3.63) is 11.6 Å². The summed E-state index contributed by atoms with van der Waals surface area (Å²) in [5.41, 5.74) is 0.662. The Morgan fingerprint density at radius 1 is 1.35 bits per heavy atom. The molecule has 0 aromatic heterocycles. The third kappa shape index (κ3) is 6.77. The number of hydrogen-bond donors (Lipinski definition) is 0. The van der Waals surface area contributed by atoms with E-state index >= 15 is 0 Å². The molecule has 0 bridgehead atoms. The van der Waals surface area contributed by atoms with Gasteiger partial charge in [-0.15, -0.1) is 0 Å². The third-order valence-corrected chi connectivity index (χ3v) is 3.80. The molecule has 1 atom stereocenters. The lowest BCUT2D eigenvalue weighted by atomic mass is 9.84. The summed E-state index contributed by atoms with van der Waals surface area (Å²) in [5, 5.41) is 0. The number of hydrogen-bond acceptors (Lipinski definition) is 4. The lowest BCUT2D eigenvalue weighted by molar-refractivity contribution is -0.129. The van der Waals surface area contributed by atoms with Crippen molar-refractivity contribution in [2.45, 2.75) is 34.1 Å². The summed E-state index contributed by atoms with van der Waals surface area (Å²) < 4.78 is 21.1. The van der Waals surface area contributed by atoms with Crippen molar-refractivity contribution in [1.29, 1.82) is 0 Å². The maximum atomic E-state index is 11.9. The zero-order chi connectivity index (χ0) is 13.7. The first-order chi connectivity index (χ1) is 7.60. The average molecular weight is 262 g/mol. The molecule has 0 aliphatic carbocycles. The van der Waals surface area contributed by atoms with Crippen molar-refractivity contribution in [3.63, 3.8) is 0 Å². The van der Waals surface area contributed by atoms with Gasteiger partial charge in [-0.05, 0) is 20.3 Å². The Labute approximate surface area is 104 Å². The molecule has 100 valence electrons. The van der Waals surface area contributed by atoms with Gasteiger partial charge < -0.3 is 9.05 Å². The van der Waals surface area contributed by atoms with Crippen LogP contribution in [0.2, 0.25) is 0 Å². The van der Waals surface area contributed by atoms with E-state index in [0.29, 0.717) is 6.42 Å². The van der Waals surface area contributed by atoms with Gasteiger partial charge in [-0.1, -0.05) is 25.5 Å². The molecule has 0 spiro atoms. The highest BCUT2D eigenvalue weighted by atomic mass is 31.2. The van der Waals surface area contributed by atoms with Crippen LogP contribution in [0.5, 0.6) is 0 Å². The van der Waals surface area contributed by atoms with Gasteiger partial charge in [-0.2, -0.15) is 0 Å². The van der Waals surface area contributed by atoms with Crippen LogP contribution in [0.15, 0.2) is 11.6 Å². The van der Waals surface area contributed by atoms with Crippen LogP contribution < -0.4 is 0 Å². The van der Waals surface area contributed by atoms with E-state index in [-0.39, 0.29) is 12.4 Å². The van der Waals surface area contributed by atoms with Gasteiger partial charge in [-0.25, -0.2) is 0 Å². The van der Waals surface area contributed by atoms with E-state index in [1.54, 1.807) is 0 Å². The van der Waals surface area contributed by atoms with Crippen LogP contribution in [0.3, 0.4) is 0 Å². The molecule has 5 heteroatoms. The average Bonchev–Trinajstić information content (AvgIpc) is 2.23. The van der Waals surface area contributed by atoms with Crippen LogP contribution in [-0.2, 0) is 18.4 Å². The highest BCUT2D eigenvalue weighted by Crippen LogP contribution is 2.43. The van der Waals surface area contributed by atoms with Crippen molar-refractivity contribution in [3.8, 4) is 0 Å². The number of carbonyl (C=O) groups is 1. The van der Waals surface area contributed by atoms with Crippen LogP contribution in [-0.4, -0.2) is 26.2 Å². The Bertz CT molecular complexity index is 340. The second-order valence-corrected chi connectivity index (χ2v) is 7.19. The maximum Gasteiger partial charge on any atom is 0.327 e. The number of Topliss-reactive ketones (excluding diaryl/α,β-unsaturated/α-hetero) is 1. The smallest absolute Gasteiger partial charge is 0.312 e. The fourth-order valence-corrected chi connectivity index (χ4v) is 1.45. The van der Waals surface area contributed by atoms with E-state index in [1.165, 1.54) is 19.3 Å². The van der Waals surface area contributed by atoms with Gasteiger partial charge in [0.15, 0.2) is 5.78 Å². The normalized spacial score (nSPS) is 15.2. The van der Waals surface area contributed by atoms with E-state index < -0.39 is 13.0 Å². The van der Waals surface area contributed by atoms with Gasteiger partial charge >= 0.3 is 7.60 Å². The van der Waals surface area contributed by atoms with E-state index in [9.17, 15) is 9.36 Å². The van der Waals surface area contributed by atoms with Crippen molar-refractivity contribution in [2.24, 2.45) is 5.41 Å². The van der Waals surface area contributed by atoms with E-state index in [0.717, 1.165) is 0 Å². The summed E-state index contributed by atoms with van der Waals surface area (Å²) in [6.07, 6.45) is 2.66. The van der Waals surface area contributed by atoms with E-state index in [4.69, 9.17) is 4.52 Å². The molecule has 0 N–H and O–H groups in total. The molecule has 0 saturated heterocycles. The number of ketones is 1. The Balaban J connectivity index is 4.40. The van der Waals surface area contributed by atoms with Crippen molar-refractivity contribution >= 4 is 13.4 Å².